The quantitative estimate of drug-likeness (QED) is 0.589. The molecule has 0 saturated heterocycles. The van der Waals surface area contributed by atoms with E-state index >= 15 is 0 Å². The van der Waals surface area contributed by atoms with Crippen LogP contribution in [-0.4, -0.2) is 5.78 Å². The molecule has 76 valence electrons. The van der Waals surface area contributed by atoms with Crippen LogP contribution in [0.3, 0.4) is 0 Å². The molecular formula is C10H9BrClFO. The Morgan fingerprint density at radius 3 is 2.57 bits per heavy atom. The second-order valence-corrected chi connectivity index (χ2v) is 4.47. The lowest BCUT2D eigenvalue weighted by Gasteiger charge is -2.07. The van der Waals surface area contributed by atoms with Gasteiger partial charge in [0.05, 0.1) is 9.50 Å². The maximum absolute atomic E-state index is 13.3. The van der Waals surface area contributed by atoms with E-state index in [-0.39, 0.29) is 26.8 Å². The predicted molar refractivity (Wildman–Crippen MR) is 58.3 cm³/mol. The Labute approximate surface area is 95.4 Å². The first-order valence-electron chi connectivity index (χ1n) is 4.13. The van der Waals surface area contributed by atoms with Crippen LogP contribution in [0.25, 0.3) is 0 Å². The first-order valence-corrected chi connectivity index (χ1v) is 5.30. The number of carbonyl (C=O) groups excluding carboxylic acids is 1. The van der Waals surface area contributed by atoms with Gasteiger partial charge in [-0.25, -0.2) is 4.39 Å². The van der Waals surface area contributed by atoms with Crippen molar-refractivity contribution in [2.75, 3.05) is 0 Å². The number of Topliss-reactive ketones (excluding diaryl/α,β-unsaturated/α-hetero) is 1. The molecule has 14 heavy (non-hydrogen) atoms. The summed E-state index contributed by atoms with van der Waals surface area (Å²) < 4.78 is 13.6. The molecule has 0 amide bonds. The van der Waals surface area contributed by atoms with Crippen molar-refractivity contribution in [3.8, 4) is 0 Å². The summed E-state index contributed by atoms with van der Waals surface area (Å²) in [6, 6.07) is 3.01. The molecule has 0 heterocycles. The third kappa shape index (κ3) is 2.15. The van der Waals surface area contributed by atoms with Crippen LogP contribution in [0, 0.1) is 11.7 Å². The van der Waals surface area contributed by atoms with Gasteiger partial charge in [-0.15, -0.1) is 0 Å². The molecule has 0 bridgehead atoms. The van der Waals surface area contributed by atoms with Crippen molar-refractivity contribution in [1.29, 1.82) is 0 Å². The highest BCUT2D eigenvalue weighted by molar-refractivity contribution is 9.10. The average Bonchev–Trinajstić information content (AvgIpc) is 2.13. The molecule has 0 saturated carbocycles. The minimum atomic E-state index is -0.585. The zero-order chi connectivity index (χ0) is 10.9. The third-order valence-electron chi connectivity index (χ3n) is 1.83. The van der Waals surface area contributed by atoms with Crippen LogP contribution in [0.15, 0.2) is 16.6 Å². The standard InChI is InChI=1S/C10H9BrClFO/c1-5(2)10(14)6-3-4-7(11)9(13)8(6)12/h3-5H,1-2H3. The van der Waals surface area contributed by atoms with Gasteiger partial charge in [-0.2, -0.15) is 0 Å². The van der Waals surface area contributed by atoms with Crippen molar-refractivity contribution in [1.82, 2.24) is 0 Å². The molecule has 1 nitrogen and oxygen atoms in total. The number of benzene rings is 1. The van der Waals surface area contributed by atoms with Gasteiger partial charge in [-0.1, -0.05) is 25.4 Å². The first-order chi connectivity index (χ1) is 6.45. The Morgan fingerprint density at radius 2 is 2.07 bits per heavy atom. The van der Waals surface area contributed by atoms with Gasteiger partial charge >= 0.3 is 0 Å². The fourth-order valence-electron chi connectivity index (χ4n) is 1.03. The van der Waals surface area contributed by atoms with Gasteiger partial charge in [-0.05, 0) is 28.1 Å². The van der Waals surface area contributed by atoms with Crippen LogP contribution in [-0.2, 0) is 0 Å². The van der Waals surface area contributed by atoms with Crippen molar-refractivity contribution in [2.45, 2.75) is 13.8 Å². The van der Waals surface area contributed by atoms with E-state index in [0.717, 1.165) is 0 Å². The molecule has 0 aliphatic heterocycles. The van der Waals surface area contributed by atoms with Crippen molar-refractivity contribution >= 4 is 33.3 Å². The normalized spacial score (nSPS) is 10.7. The lowest BCUT2D eigenvalue weighted by Crippen LogP contribution is -2.08. The van der Waals surface area contributed by atoms with Crippen molar-refractivity contribution < 1.29 is 9.18 Å². The molecule has 1 rings (SSSR count). The van der Waals surface area contributed by atoms with Crippen molar-refractivity contribution in [2.24, 2.45) is 5.92 Å². The third-order valence-corrected chi connectivity index (χ3v) is 2.81. The highest BCUT2D eigenvalue weighted by Gasteiger charge is 2.17. The van der Waals surface area contributed by atoms with E-state index in [0.29, 0.717) is 0 Å². The molecule has 1 aromatic rings. The molecule has 0 aliphatic rings. The van der Waals surface area contributed by atoms with Gasteiger partial charge in [0.2, 0.25) is 0 Å². The summed E-state index contributed by atoms with van der Waals surface area (Å²) in [6.07, 6.45) is 0. The van der Waals surface area contributed by atoms with E-state index in [1.54, 1.807) is 13.8 Å². The minimum absolute atomic E-state index is 0.113. The van der Waals surface area contributed by atoms with E-state index < -0.39 is 5.82 Å². The summed E-state index contributed by atoms with van der Waals surface area (Å²) in [5, 5.41) is -0.113. The van der Waals surface area contributed by atoms with Gasteiger partial charge in [0, 0.05) is 11.5 Å². The minimum Gasteiger partial charge on any atom is -0.294 e. The Bertz CT molecular complexity index is 377. The molecule has 0 N–H and O–H groups in total. The summed E-state index contributed by atoms with van der Waals surface area (Å²) >= 11 is 8.71. The van der Waals surface area contributed by atoms with Gasteiger partial charge < -0.3 is 0 Å². The Balaban J connectivity index is 3.24. The second-order valence-electron chi connectivity index (χ2n) is 3.24. The van der Waals surface area contributed by atoms with Crippen LogP contribution < -0.4 is 0 Å². The second kappa shape index (κ2) is 4.41. The molecule has 0 aromatic heterocycles. The maximum atomic E-state index is 13.3. The Hall–Kier alpha value is -0.410. The number of ketones is 1. The average molecular weight is 280 g/mol. The summed E-state index contributed by atoms with van der Waals surface area (Å²) in [5.74, 6) is -0.923. The van der Waals surface area contributed by atoms with E-state index in [1.165, 1.54) is 12.1 Å². The smallest absolute Gasteiger partial charge is 0.166 e. The predicted octanol–water partition coefficient (Wildman–Crippen LogP) is 4.08. The molecule has 0 spiro atoms. The fourth-order valence-corrected chi connectivity index (χ4v) is 1.73. The summed E-state index contributed by atoms with van der Waals surface area (Å²) in [4.78, 5) is 11.6. The first kappa shape index (κ1) is 11.7. The van der Waals surface area contributed by atoms with Gasteiger partial charge in [0.15, 0.2) is 11.6 Å². The van der Waals surface area contributed by atoms with Crippen LogP contribution in [0.2, 0.25) is 5.02 Å². The van der Waals surface area contributed by atoms with Gasteiger partial charge in [0.1, 0.15) is 0 Å². The van der Waals surface area contributed by atoms with Gasteiger partial charge in [-0.3, -0.25) is 4.79 Å². The largest absolute Gasteiger partial charge is 0.294 e. The maximum Gasteiger partial charge on any atom is 0.166 e. The molecule has 0 radical (unpaired) electrons. The highest BCUT2D eigenvalue weighted by atomic mass is 79.9. The van der Waals surface area contributed by atoms with E-state index in [4.69, 9.17) is 11.6 Å². The van der Waals surface area contributed by atoms with Gasteiger partial charge in [0.25, 0.3) is 0 Å². The summed E-state index contributed by atoms with van der Waals surface area (Å²) in [6.45, 7) is 3.50. The number of halogens is 3. The Morgan fingerprint density at radius 1 is 1.50 bits per heavy atom. The summed E-state index contributed by atoms with van der Waals surface area (Å²) in [7, 11) is 0. The van der Waals surface area contributed by atoms with Crippen molar-refractivity contribution in [3.63, 3.8) is 0 Å². The lowest BCUT2D eigenvalue weighted by atomic mass is 10.0. The SMILES string of the molecule is CC(C)C(=O)c1ccc(Br)c(F)c1Cl. The number of hydrogen-bond acceptors (Lipinski definition) is 1. The van der Waals surface area contributed by atoms with Crippen LogP contribution >= 0.6 is 27.5 Å². The zero-order valence-corrected chi connectivity index (χ0v) is 10.1. The summed E-state index contributed by atoms with van der Waals surface area (Å²) in [5.41, 5.74) is 0.238. The van der Waals surface area contributed by atoms with E-state index in [9.17, 15) is 9.18 Å². The Kier molecular flexibility index (Phi) is 3.67. The molecule has 0 aliphatic carbocycles. The molecule has 0 fully saturated rings. The van der Waals surface area contributed by atoms with Crippen molar-refractivity contribution in [3.05, 3.63) is 33.0 Å². The zero-order valence-electron chi connectivity index (χ0n) is 7.77. The molecule has 4 heteroatoms. The number of hydrogen-bond donors (Lipinski definition) is 0. The topological polar surface area (TPSA) is 17.1 Å². The van der Waals surface area contributed by atoms with E-state index in [1.807, 2.05) is 0 Å². The van der Waals surface area contributed by atoms with Crippen LogP contribution in [0.5, 0.6) is 0 Å². The van der Waals surface area contributed by atoms with Crippen LogP contribution in [0.4, 0.5) is 4.39 Å². The molecule has 0 atom stereocenters. The number of rotatable bonds is 2. The lowest BCUT2D eigenvalue weighted by molar-refractivity contribution is 0.0939. The molecular weight excluding hydrogens is 270 g/mol. The highest BCUT2D eigenvalue weighted by Crippen LogP contribution is 2.28. The van der Waals surface area contributed by atoms with Crippen LogP contribution in [0.1, 0.15) is 24.2 Å². The number of carbonyl (C=O) groups is 1. The van der Waals surface area contributed by atoms with E-state index in [2.05, 4.69) is 15.9 Å². The molecule has 1 aromatic carbocycles. The monoisotopic (exact) mass is 278 g/mol. The fraction of sp³-hybridized carbons (Fsp3) is 0.300. The molecule has 0 unspecified atom stereocenters.